The number of halogens is 1. The zero-order chi connectivity index (χ0) is 11.4. The number of aromatic nitrogens is 1. The summed E-state index contributed by atoms with van der Waals surface area (Å²) in [6.45, 7) is 0. The second-order valence-corrected chi connectivity index (χ2v) is 3.47. The van der Waals surface area contributed by atoms with Crippen LogP contribution < -0.4 is 17.3 Å². The maximum atomic E-state index is 5.71. The van der Waals surface area contributed by atoms with Crippen molar-refractivity contribution in [3.63, 3.8) is 0 Å². The molecular weight excluding hydrogens is 216 g/mol. The summed E-state index contributed by atoms with van der Waals surface area (Å²) in [6.07, 6.45) is 1.84. The molecule has 1 aromatic rings. The maximum absolute atomic E-state index is 5.71. The highest BCUT2D eigenvalue weighted by atomic mass is 35.5. The van der Waals surface area contributed by atoms with E-state index in [9.17, 15) is 0 Å². The molecule has 6 nitrogen and oxygen atoms in total. The van der Waals surface area contributed by atoms with Crippen LogP contribution in [0.1, 0.15) is 5.69 Å². The van der Waals surface area contributed by atoms with Crippen molar-refractivity contribution >= 4 is 23.1 Å². The lowest BCUT2D eigenvalue weighted by atomic mass is 10.2. The second-order valence-electron chi connectivity index (χ2n) is 3.03. The number of pyridine rings is 1. The molecule has 0 aromatic carbocycles. The standard InChI is InChI=1S/C8H13ClN6/c1-15(12)14-8(11)3-7-6(10)2-5(9)4-13-7/h2,4H,3,10,12H2,1H3,(H2,11,14). The Balaban J connectivity index is 2.81. The number of hydrazine groups is 1. The molecule has 0 bridgehead atoms. The lowest BCUT2D eigenvalue weighted by molar-refractivity contribution is 0.370. The first kappa shape index (κ1) is 11.5. The van der Waals surface area contributed by atoms with Gasteiger partial charge in [0.1, 0.15) is 5.84 Å². The normalized spacial score (nSPS) is 11.5. The maximum Gasteiger partial charge on any atom is 0.127 e. The number of hydrazone groups is 1. The first-order chi connectivity index (χ1) is 6.99. The van der Waals surface area contributed by atoms with Crippen molar-refractivity contribution in [2.75, 3.05) is 12.8 Å². The Kier molecular flexibility index (Phi) is 3.70. The van der Waals surface area contributed by atoms with Gasteiger partial charge in [-0.15, -0.1) is 5.10 Å². The molecule has 0 aliphatic rings. The van der Waals surface area contributed by atoms with Gasteiger partial charge in [0.05, 0.1) is 22.8 Å². The molecule has 0 amide bonds. The highest BCUT2D eigenvalue weighted by Gasteiger charge is 2.04. The van der Waals surface area contributed by atoms with Gasteiger partial charge >= 0.3 is 0 Å². The quantitative estimate of drug-likeness (QED) is 0.291. The molecule has 15 heavy (non-hydrogen) atoms. The van der Waals surface area contributed by atoms with E-state index < -0.39 is 0 Å². The third kappa shape index (κ3) is 3.61. The molecule has 0 saturated carbocycles. The fraction of sp³-hybridized carbons (Fsp3) is 0.250. The van der Waals surface area contributed by atoms with Crippen LogP contribution in [0.4, 0.5) is 5.69 Å². The fourth-order valence-electron chi connectivity index (χ4n) is 1.04. The molecule has 1 aromatic heterocycles. The van der Waals surface area contributed by atoms with E-state index in [1.165, 1.54) is 6.20 Å². The Labute approximate surface area is 92.7 Å². The summed E-state index contributed by atoms with van der Waals surface area (Å²) < 4.78 is 0. The molecule has 0 aliphatic carbocycles. The topological polar surface area (TPSA) is 107 Å². The molecule has 0 fully saturated rings. The summed E-state index contributed by atoms with van der Waals surface area (Å²) in [4.78, 5) is 4.05. The number of rotatable bonds is 3. The lowest BCUT2D eigenvalue weighted by Crippen LogP contribution is -2.26. The lowest BCUT2D eigenvalue weighted by Gasteiger charge is -2.07. The van der Waals surface area contributed by atoms with Gasteiger partial charge in [-0.1, -0.05) is 11.6 Å². The summed E-state index contributed by atoms with van der Waals surface area (Å²) in [5.74, 6) is 5.64. The van der Waals surface area contributed by atoms with E-state index in [1.807, 2.05) is 0 Å². The van der Waals surface area contributed by atoms with Gasteiger partial charge in [-0.05, 0) is 6.07 Å². The molecule has 0 unspecified atom stereocenters. The van der Waals surface area contributed by atoms with Gasteiger partial charge in [-0.25, -0.2) is 11.0 Å². The van der Waals surface area contributed by atoms with Gasteiger partial charge in [-0.3, -0.25) is 4.98 Å². The monoisotopic (exact) mass is 228 g/mol. The Morgan fingerprint density at radius 2 is 2.33 bits per heavy atom. The average Bonchev–Trinajstić information content (AvgIpc) is 2.08. The zero-order valence-electron chi connectivity index (χ0n) is 8.31. The van der Waals surface area contributed by atoms with Crippen molar-refractivity contribution in [2.45, 2.75) is 6.42 Å². The molecule has 0 saturated heterocycles. The van der Waals surface area contributed by atoms with E-state index in [2.05, 4.69) is 10.1 Å². The first-order valence-corrected chi connectivity index (χ1v) is 4.58. The minimum atomic E-state index is 0.335. The largest absolute Gasteiger partial charge is 0.397 e. The predicted molar refractivity (Wildman–Crippen MR) is 60.9 cm³/mol. The number of nitrogens with zero attached hydrogens (tertiary/aromatic N) is 3. The minimum absolute atomic E-state index is 0.335. The van der Waals surface area contributed by atoms with Crippen LogP contribution in [-0.2, 0) is 6.42 Å². The van der Waals surface area contributed by atoms with Crippen LogP contribution in [-0.4, -0.2) is 23.0 Å². The van der Waals surface area contributed by atoms with Crippen LogP contribution in [0.5, 0.6) is 0 Å². The summed E-state index contributed by atoms with van der Waals surface area (Å²) in [5.41, 5.74) is 12.4. The summed E-state index contributed by atoms with van der Waals surface area (Å²) in [5, 5.41) is 5.43. The van der Waals surface area contributed by atoms with Crippen molar-refractivity contribution in [2.24, 2.45) is 16.7 Å². The van der Waals surface area contributed by atoms with Crippen molar-refractivity contribution in [1.82, 2.24) is 10.1 Å². The third-order valence-electron chi connectivity index (χ3n) is 1.61. The molecule has 82 valence electrons. The Hall–Kier alpha value is -1.53. The summed E-state index contributed by atoms with van der Waals surface area (Å²) in [7, 11) is 1.57. The number of nitrogens with two attached hydrogens (primary N) is 3. The summed E-state index contributed by atoms with van der Waals surface area (Å²) >= 11 is 5.71. The van der Waals surface area contributed by atoms with Crippen LogP contribution in [0.3, 0.4) is 0 Å². The van der Waals surface area contributed by atoms with Crippen molar-refractivity contribution < 1.29 is 0 Å². The molecule has 7 heteroatoms. The predicted octanol–water partition coefficient (Wildman–Crippen LogP) is -0.0626. The number of amidine groups is 1. The first-order valence-electron chi connectivity index (χ1n) is 4.20. The molecule has 1 heterocycles. The van der Waals surface area contributed by atoms with Crippen LogP contribution in [0.25, 0.3) is 0 Å². The van der Waals surface area contributed by atoms with E-state index in [0.29, 0.717) is 28.7 Å². The Bertz CT molecular complexity index is 375. The van der Waals surface area contributed by atoms with Gasteiger partial charge in [0, 0.05) is 13.2 Å². The molecule has 0 atom stereocenters. The van der Waals surface area contributed by atoms with Crippen LogP contribution >= 0.6 is 11.6 Å². The molecule has 6 N–H and O–H groups in total. The third-order valence-corrected chi connectivity index (χ3v) is 1.81. The van der Waals surface area contributed by atoms with E-state index >= 15 is 0 Å². The van der Waals surface area contributed by atoms with Crippen molar-refractivity contribution in [3.8, 4) is 0 Å². The van der Waals surface area contributed by atoms with Gasteiger partial charge in [-0.2, -0.15) is 0 Å². The van der Waals surface area contributed by atoms with E-state index in [0.717, 1.165) is 5.12 Å². The van der Waals surface area contributed by atoms with E-state index in [-0.39, 0.29) is 0 Å². The highest BCUT2D eigenvalue weighted by Crippen LogP contribution is 2.15. The van der Waals surface area contributed by atoms with Crippen LogP contribution in [0.15, 0.2) is 17.4 Å². The molecule has 0 aliphatic heterocycles. The number of nitrogen functional groups attached to an aromatic ring is 1. The highest BCUT2D eigenvalue weighted by molar-refractivity contribution is 6.30. The van der Waals surface area contributed by atoms with E-state index in [1.54, 1.807) is 13.1 Å². The van der Waals surface area contributed by atoms with Crippen LogP contribution in [0, 0.1) is 0 Å². The van der Waals surface area contributed by atoms with Gasteiger partial charge in [0.2, 0.25) is 0 Å². The second kappa shape index (κ2) is 4.81. The molecule has 0 spiro atoms. The zero-order valence-corrected chi connectivity index (χ0v) is 9.07. The summed E-state index contributed by atoms with van der Waals surface area (Å²) in [6, 6.07) is 1.61. The van der Waals surface area contributed by atoms with Crippen molar-refractivity contribution in [3.05, 3.63) is 23.0 Å². The smallest absolute Gasteiger partial charge is 0.127 e. The number of anilines is 1. The SMILES string of the molecule is CN(N)/N=C(\N)Cc1ncc(Cl)cc1N. The molecular formula is C8H13ClN6. The molecule has 0 radical (unpaired) electrons. The number of hydrogen-bond donors (Lipinski definition) is 3. The molecule has 1 rings (SSSR count). The van der Waals surface area contributed by atoms with Gasteiger partial charge in [0.15, 0.2) is 0 Å². The minimum Gasteiger partial charge on any atom is -0.397 e. The average molecular weight is 229 g/mol. The Morgan fingerprint density at radius 3 is 2.87 bits per heavy atom. The van der Waals surface area contributed by atoms with Gasteiger partial charge in [0.25, 0.3) is 0 Å². The van der Waals surface area contributed by atoms with E-state index in [4.69, 9.17) is 28.9 Å². The van der Waals surface area contributed by atoms with Crippen molar-refractivity contribution in [1.29, 1.82) is 0 Å². The van der Waals surface area contributed by atoms with Gasteiger partial charge < -0.3 is 11.5 Å². The fourth-order valence-corrected chi connectivity index (χ4v) is 1.21. The number of hydrogen-bond acceptors (Lipinski definition) is 5. The van der Waals surface area contributed by atoms with Crippen LogP contribution in [0.2, 0.25) is 5.02 Å². The Morgan fingerprint density at radius 1 is 1.67 bits per heavy atom.